The Bertz CT molecular complexity index is 463. The Morgan fingerprint density at radius 2 is 2.00 bits per heavy atom. The normalized spacial score (nSPS) is 25.0. The van der Waals surface area contributed by atoms with E-state index in [4.69, 9.17) is 5.11 Å². The molecule has 7 heteroatoms. The molecular formula is C14H21N3O4. The first kappa shape index (κ1) is 14.2. The van der Waals surface area contributed by atoms with Crippen LogP contribution < -0.4 is 0 Å². The molecule has 0 aromatic heterocycles. The zero-order chi connectivity index (χ0) is 15.0. The number of carbonyl (C=O) groups excluding carboxylic acids is 2. The molecule has 1 N–H and O–H groups in total. The molecule has 3 rings (SSSR count). The van der Waals surface area contributed by atoms with Gasteiger partial charge in [-0.15, -0.1) is 0 Å². The minimum atomic E-state index is -0.973. The fourth-order valence-electron chi connectivity index (χ4n) is 3.22. The Kier molecular flexibility index (Phi) is 3.73. The molecule has 2 saturated heterocycles. The Labute approximate surface area is 123 Å². The number of nitrogens with zero attached hydrogens (tertiary/aromatic N) is 3. The maximum atomic E-state index is 12.6. The van der Waals surface area contributed by atoms with Crippen LogP contribution in [0.2, 0.25) is 0 Å². The lowest BCUT2D eigenvalue weighted by Gasteiger charge is -2.39. The number of carboxylic acid groups (broad SMARTS) is 1. The van der Waals surface area contributed by atoms with Crippen LogP contribution in [0.3, 0.4) is 0 Å². The minimum Gasteiger partial charge on any atom is -0.480 e. The zero-order valence-corrected chi connectivity index (χ0v) is 12.0. The van der Waals surface area contributed by atoms with Gasteiger partial charge < -0.3 is 19.8 Å². The molecule has 0 radical (unpaired) electrons. The molecule has 0 spiro atoms. The Balaban J connectivity index is 1.62. The molecule has 1 unspecified atom stereocenters. The summed E-state index contributed by atoms with van der Waals surface area (Å²) in [5, 5.41) is 8.98. The van der Waals surface area contributed by atoms with Gasteiger partial charge in [0.05, 0.1) is 0 Å². The van der Waals surface area contributed by atoms with E-state index in [1.165, 1.54) is 4.90 Å². The van der Waals surface area contributed by atoms with Crippen molar-refractivity contribution in [2.45, 2.75) is 31.7 Å². The molecule has 116 valence electrons. The van der Waals surface area contributed by atoms with Crippen LogP contribution >= 0.6 is 0 Å². The van der Waals surface area contributed by atoms with Gasteiger partial charge >= 0.3 is 12.0 Å². The lowest BCUT2D eigenvalue weighted by atomic mass is 10.1. The number of hydrogen-bond acceptors (Lipinski definition) is 3. The highest BCUT2D eigenvalue weighted by Crippen LogP contribution is 2.30. The zero-order valence-electron chi connectivity index (χ0n) is 12.0. The molecule has 2 heterocycles. The van der Waals surface area contributed by atoms with Crippen molar-refractivity contribution in [3.8, 4) is 0 Å². The highest BCUT2D eigenvalue weighted by atomic mass is 16.4. The van der Waals surface area contributed by atoms with Gasteiger partial charge in [-0.25, -0.2) is 4.79 Å². The molecule has 2 aliphatic heterocycles. The number of piperazine rings is 1. The van der Waals surface area contributed by atoms with E-state index in [0.717, 1.165) is 19.3 Å². The lowest BCUT2D eigenvalue weighted by Crippen LogP contribution is -2.56. The SMILES string of the molecule is O=C(O)CN(CC1CC1)C(=O)N1CCN2C(=O)CCC2C1. The van der Waals surface area contributed by atoms with E-state index in [-0.39, 0.29) is 24.5 Å². The second kappa shape index (κ2) is 5.54. The molecule has 0 aromatic carbocycles. The van der Waals surface area contributed by atoms with Gasteiger partial charge in [0.15, 0.2) is 0 Å². The van der Waals surface area contributed by atoms with Crippen LogP contribution in [0.5, 0.6) is 0 Å². The molecule has 3 fully saturated rings. The Morgan fingerprint density at radius 3 is 2.67 bits per heavy atom. The molecule has 21 heavy (non-hydrogen) atoms. The summed E-state index contributed by atoms with van der Waals surface area (Å²) < 4.78 is 0. The largest absolute Gasteiger partial charge is 0.480 e. The van der Waals surface area contributed by atoms with Crippen molar-refractivity contribution < 1.29 is 19.5 Å². The van der Waals surface area contributed by atoms with E-state index in [0.29, 0.717) is 38.5 Å². The van der Waals surface area contributed by atoms with Crippen molar-refractivity contribution in [3.05, 3.63) is 0 Å². The average molecular weight is 295 g/mol. The van der Waals surface area contributed by atoms with Crippen LogP contribution in [-0.4, -0.2) is 76.5 Å². The molecule has 7 nitrogen and oxygen atoms in total. The van der Waals surface area contributed by atoms with Gasteiger partial charge in [-0.2, -0.15) is 0 Å². The predicted molar refractivity (Wildman–Crippen MR) is 73.6 cm³/mol. The van der Waals surface area contributed by atoms with Crippen molar-refractivity contribution in [1.82, 2.24) is 14.7 Å². The number of amides is 3. The molecule has 1 atom stereocenters. The van der Waals surface area contributed by atoms with Crippen molar-refractivity contribution in [2.24, 2.45) is 5.92 Å². The van der Waals surface area contributed by atoms with Crippen LogP contribution in [0.15, 0.2) is 0 Å². The first-order valence-corrected chi connectivity index (χ1v) is 7.59. The van der Waals surface area contributed by atoms with Gasteiger partial charge in [0.2, 0.25) is 5.91 Å². The number of carboxylic acids is 1. The first-order valence-electron chi connectivity index (χ1n) is 7.59. The predicted octanol–water partition coefficient (Wildman–Crippen LogP) is 0.210. The summed E-state index contributed by atoms with van der Waals surface area (Å²) in [5.74, 6) is -0.339. The molecule has 1 aliphatic carbocycles. The summed E-state index contributed by atoms with van der Waals surface area (Å²) in [6.45, 7) is 1.90. The Hall–Kier alpha value is -1.79. The highest BCUT2D eigenvalue weighted by Gasteiger charge is 2.38. The summed E-state index contributed by atoms with van der Waals surface area (Å²) in [7, 11) is 0. The third-order valence-corrected chi connectivity index (χ3v) is 4.54. The van der Waals surface area contributed by atoms with E-state index in [2.05, 4.69) is 0 Å². The number of urea groups is 1. The summed E-state index contributed by atoms with van der Waals surface area (Å²) in [6, 6.07) is -0.0777. The topological polar surface area (TPSA) is 81.2 Å². The van der Waals surface area contributed by atoms with Crippen molar-refractivity contribution in [1.29, 1.82) is 0 Å². The molecule has 0 aromatic rings. The Morgan fingerprint density at radius 1 is 1.24 bits per heavy atom. The van der Waals surface area contributed by atoms with E-state index in [9.17, 15) is 14.4 Å². The third-order valence-electron chi connectivity index (χ3n) is 4.54. The average Bonchev–Trinajstić information content (AvgIpc) is 3.19. The first-order chi connectivity index (χ1) is 10.0. The molecule has 0 bridgehead atoms. The molecule has 3 aliphatic rings. The number of hydrogen-bond donors (Lipinski definition) is 1. The monoisotopic (exact) mass is 295 g/mol. The molecular weight excluding hydrogens is 274 g/mol. The summed E-state index contributed by atoms with van der Waals surface area (Å²) >= 11 is 0. The van der Waals surface area contributed by atoms with Gasteiger partial charge in [0.1, 0.15) is 6.54 Å². The summed E-state index contributed by atoms with van der Waals surface area (Å²) in [5.41, 5.74) is 0. The fourth-order valence-corrected chi connectivity index (χ4v) is 3.22. The highest BCUT2D eigenvalue weighted by molar-refractivity contribution is 5.82. The van der Waals surface area contributed by atoms with E-state index >= 15 is 0 Å². The maximum Gasteiger partial charge on any atom is 0.323 e. The maximum absolute atomic E-state index is 12.6. The standard InChI is InChI=1S/C14H21N3O4/c18-12-4-3-11-8-15(5-6-17(11)12)14(21)16(9-13(19)20)7-10-1-2-10/h10-11H,1-9H2,(H,19,20). The van der Waals surface area contributed by atoms with Gasteiger partial charge in [0, 0.05) is 38.6 Å². The number of aliphatic carboxylic acids is 1. The van der Waals surface area contributed by atoms with Crippen LogP contribution in [0.1, 0.15) is 25.7 Å². The molecule has 3 amide bonds. The summed E-state index contributed by atoms with van der Waals surface area (Å²) in [4.78, 5) is 40.2. The molecule has 1 saturated carbocycles. The van der Waals surface area contributed by atoms with Crippen molar-refractivity contribution in [2.75, 3.05) is 32.7 Å². The van der Waals surface area contributed by atoms with Crippen LogP contribution in [0.4, 0.5) is 4.79 Å². The van der Waals surface area contributed by atoms with Crippen molar-refractivity contribution >= 4 is 17.9 Å². The van der Waals surface area contributed by atoms with E-state index in [1.807, 2.05) is 4.90 Å². The van der Waals surface area contributed by atoms with Gasteiger partial charge in [-0.1, -0.05) is 0 Å². The number of carbonyl (C=O) groups is 3. The third kappa shape index (κ3) is 3.11. The van der Waals surface area contributed by atoms with Crippen molar-refractivity contribution in [3.63, 3.8) is 0 Å². The fraction of sp³-hybridized carbons (Fsp3) is 0.786. The van der Waals surface area contributed by atoms with Gasteiger partial charge in [-0.3, -0.25) is 9.59 Å². The van der Waals surface area contributed by atoms with Crippen LogP contribution in [-0.2, 0) is 9.59 Å². The minimum absolute atomic E-state index is 0.114. The second-order valence-corrected chi connectivity index (χ2v) is 6.23. The van der Waals surface area contributed by atoms with Crippen LogP contribution in [0.25, 0.3) is 0 Å². The van der Waals surface area contributed by atoms with E-state index in [1.54, 1.807) is 4.90 Å². The lowest BCUT2D eigenvalue weighted by molar-refractivity contribution is -0.137. The van der Waals surface area contributed by atoms with Gasteiger partial charge in [-0.05, 0) is 25.2 Å². The van der Waals surface area contributed by atoms with Gasteiger partial charge in [0.25, 0.3) is 0 Å². The number of fused-ring (bicyclic) bond motifs is 1. The quantitative estimate of drug-likeness (QED) is 0.804. The van der Waals surface area contributed by atoms with E-state index < -0.39 is 5.97 Å². The number of rotatable bonds is 4. The second-order valence-electron chi connectivity index (χ2n) is 6.23. The smallest absolute Gasteiger partial charge is 0.323 e. The summed E-state index contributed by atoms with van der Waals surface area (Å²) in [6.07, 6.45) is 3.51. The van der Waals surface area contributed by atoms with Crippen LogP contribution in [0, 0.1) is 5.92 Å².